The van der Waals surface area contributed by atoms with Crippen molar-refractivity contribution in [2.24, 2.45) is 34.5 Å². The number of hydrogen-bond acceptors (Lipinski definition) is 5. The maximum absolute atomic E-state index is 13.4. The molecule has 0 bridgehead atoms. The molecule has 0 radical (unpaired) electrons. The fourth-order valence-electron chi connectivity index (χ4n) is 9.58. The number of fused-ring (bicyclic) bond motifs is 5. The Hall–Kier alpha value is -1.13. The lowest BCUT2D eigenvalue weighted by Gasteiger charge is -2.60. The number of aliphatic hydroxyl groups excluding tert-OH is 2. The van der Waals surface area contributed by atoms with Crippen LogP contribution in [0.25, 0.3) is 0 Å². The van der Waals surface area contributed by atoms with E-state index >= 15 is 0 Å². The van der Waals surface area contributed by atoms with Crippen LogP contribution in [-0.2, 0) is 9.59 Å². The van der Waals surface area contributed by atoms with Crippen LogP contribution in [0.3, 0.4) is 0 Å². The van der Waals surface area contributed by atoms with Gasteiger partial charge in [-0.1, -0.05) is 44.2 Å². The van der Waals surface area contributed by atoms with Gasteiger partial charge in [0, 0.05) is 17.8 Å². The van der Waals surface area contributed by atoms with E-state index in [0.29, 0.717) is 20.3 Å². The molecule has 38 heavy (non-hydrogen) atoms. The minimum absolute atomic E-state index is 0.0154. The highest BCUT2D eigenvalue weighted by molar-refractivity contribution is 7.57. The molecule has 3 N–H and O–H groups in total. The van der Waals surface area contributed by atoms with Crippen LogP contribution in [0.2, 0.25) is 0 Å². The van der Waals surface area contributed by atoms with Crippen molar-refractivity contribution < 1.29 is 24.9 Å². The SMILES string of the molecule is CP1CCC(c2ccccc2)C1.C[C@]12CC[C@@H](O)C[C@H]1CC[C@@H]1[C@@H]2C(=O)C[C@@]2(C)[C@H]1CC[C@]2(O)C(=O)CO. The molecule has 6 heteroatoms. The number of rotatable bonds is 3. The summed E-state index contributed by atoms with van der Waals surface area (Å²) in [7, 11) is 0.372. The Morgan fingerprint density at radius 3 is 2.45 bits per heavy atom. The first kappa shape index (κ1) is 28.4. The van der Waals surface area contributed by atoms with Gasteiger partial charge in [0.2, 0.25) is 0 Å². The van der Waals surface area contributed by atoms with Gasteiger partial charge in [0.15, 0.2) is 5.78 Å². The van der Waals surface area contributed by atoms with Gasteiger partial charge in [-0.15, -0.1) is 7.92 Å². The van der Waals surface area contributed by atoms with Crippen LogP contribution < -0.4 is 0 Å². The fraction of sp³-hybridized carbons (Fsp3) is 0.750. The number of benzene rings is 1. The quantitative estimate of drug-likeness (QED) is 0.460. The van der Waals surface area contributed by atoms with Crippen LogP contribution in [0, 0.1) is 34.5 Å². The standard InChI is InChI=1S/C21H32O5.C11H15P/c1-19-7-5-13(23)9-12(19)3-4-14-15-6-8-21(26,17(25)11-22)20(15,2)10-16(24)18(14)19;1-12-8-7-11(9-12)10-5-3-2-4-6-10/h12-15,18,22-23,26H,3-11H2,1-2H3;2-6,11H,7-9H2,1H3/t12-,13-,14+,15+,18-,19+,20+,21+;/m1./s1. The topological polar surface area (TPSA) is 94.8 Å². The monoisotopic (exact) mass is 542 g/mol. The molecule has 0 aromatic heterocycles. The number of hydrogen-bond donors (Lipinski definition) is 3. The van der Waals surface area contributed by atoms with Gasteiger partial charge in [-0.05, 0) is 105 Å². The fourth-order valence-corrected chi connectivity index (χ4v) is 11.7. The summed E-state index contributed by atoms with van der Waals surface area (Å²) >= 11 is 0. The summed E-state index contributed by atoms with van der Waals surface area (Å²) < 4.78 is 0. The molecule has 1 saturated heterocycles. The summed E-state index contributed by atoms with van der Waals surface area (Å²) in [6, 6.07) is 11.0. The van der Waals surface area contributed by atoms with Crippen molar-refractivity contribution in [1.29, 1.82) is 0 Å². The van der Waals surface area contributed by atoms with E-state index in [1.54, 1.807) is 5.56 Å². The van der Waals surface area contributed by atoms with Crippen molar-refractivity contribution >= 4 is 19.5 Å². The Labute approximate surface area is 229 Å². The van der Waals surface area contributed by atoms with E-state index in [-0.39, 0.29) is 41.5 Å². The number of carbonyl (C=O) groups excluding carboxylic acids is 2. The van der Waals surface area contributed by atoms with Crippen molar-refractivity contribution in [3.63, 3.8) is 0 Å². The molecule has 1 aliphatic heterocycles. The van der Waals surface area contributed by atoms with Crippen LogP contribution in [0.15, 0.2) is 30.3 Å². The molecule has 0 amide bonds. The number of Topliss-reactive ketones (excluding diaryl/α,β-unsaturated/α-hetero) is 2. The van der Waals surface area contributed by atoms with E-state index in [1.807, 2.05) is 6.92 Å². The van der Waals surface area contributed by atoms with Crippen LogP contribution in [0.1, 0.15) is 83.1 Å². The number of aliphatic hydroxyl groups is 3. The summed E-state index contributed by atoms with van der Waals surface area (Å²) in [4.78, 5) is 25.7. The summed E-state index contributed by atoms with van der Waals surface area (Å²) in [6.07, 6.45) is 9.84. The molecule has 10 atom stereocenters. The van der Waals surface area contributed by atoms with E-state index in [4.69, 9.17) is 0 Å². The average Bonchev–Trinajstić information content (AvgIpc) is 3.45. The summed E-state index contributed by atoms with van der Waals surface area (Å²) in [5.74, 6) is 1.26. The average molecular weight is 543 g/mol. The summed E-state index contributed by atoms with van der Waals surface area (Å²) in [5.41, 5.74) is -0.845. The zero-order valence-corrected chi connectivity index (χ0v) is 24.3. The van der Waals surface area contributed by atoms with Gasteiger partial charge in [-0.3, -0.25) is 9.59 Å². The van der Waals surface area contributed by atoms with Gasteiger partial charge in [0.1, 0.15) is 18.0 Å². The Bertz CT molecular complexity index is 1030. The Balaban J connectivity index is 0.000000204. The molecule has 4 aliphatic carbocycles. The van der Waals surface area contributed by atoms with Gasteiger partial charge >= 0.3 is 0 Å². The molecule has 1 aromatic rings. The molecule has 2 unspecified atom stereocenters. The normalized spacial score (nSPS) is 45.8. The van der Waals surface area contributed by atoms with Crippen LogP contribution in [0.5, 0.6) is 0 Å². The highest BCUT2D eigenvalue weighted by Gasteiger charge is 2.68. The third kappa shape index (κ3) is 4.64. The minimum atomic E-state index is -1.58. The second-order valence-corrected chi connectivity index (χ2v) is 16.2. The third-order valence-electron chi connectivity index (χ3n) is 11.7. The first-order valence-corrected chi connectivity index (χ1v) is 17.0. The third-order valence-corrected chi connectivity index (χ3v) is 13.8. The predicted octanol–water partition coefficient (Wildman–Crippen LogP) is 5.15. The molecule has 4 saturated carbocycles. The van der Waals surface area contributed by atoms with E-state index in [9.17, 15) is 24.9 Å². The van der Waals surface area contributed by atoms with Crippen molar-refractivity contribution in [1.82, 2.24) is 0 Å². The zero-order valence-electron chi connectivity index (χ0n) is 23.4. The molecule has 1 heterocycles. The van der Waals surface area contributed by atoms with Crippen LogP contribution >= 0.6 is 7.92 Å². The molecule has 1 aromatic carbocycles. The second-order valence-electron chi connectivity index (χ2n) is 13.7. The lowest BCUT2D eigenvalue weighted by molar-refractivity contribution is -0.180. The molecule has 5 aliphatic rings. The molecular formula is C32H47O5P. The predicted molar refractivity (Wildman–Crippen MR) is 152 cm³/mol. The molecule has 6 rings (SSSR count). The highest BCUT2D eigenvalue weighted by atomic mass is 31.1. The lowest BCUT2D eigenvalue weighted by Crippen LogP contribution is -2.62. The van der Waals surface area contributed by atoms with Gasteiger partial charge in [-0.25, -0.2) is 0 Å². The summed E-state index contributed by atoms with van der Waals surface area (Å²) in [5, 5.41) is 30.6. The van der Waals surface area contributed by atoms with Crippen molar-refractivity contribution in [2.75, 3.05) is 25.6 Å². The molecule has 210 valence electrons. The van der Waals surface area contributed by atoms with Gasteiger partial charge < -0.3 is 15.3 Å². The van der Waals surface area contributed by atoms with E-state index < -0.39 is 23.4 Å². The Morgan fingerprint density at radius 2 is 1.79 bits per heavy atom. The van der Waals surface area contributed by atoms with Gasteiger partial charge in [0.25, 0.3) is 0 Å². The van der Waals surface area contributed by atoms with Crippen molar-refractivity contribution in [3.05, 3.63) is 35.9 Å². The highest BCUT2D eigenvalue weighted by Crippen LogP contribution is 2.67. The van der Waals surface area contributed by atoms with E-state index in [2.05, 4.69) is 43.9 Å². The zero-order chi connectivity index (χ0) is 27.3. The lowest BCUT2D eigenvalue weighted by atomic mass is 9.44. The van der Waals surface area contributed by atoms with Crippen molar-refractivity contribution in [2.45, 2.75) is 89.3 Å². The maximum atomic E-state index is 13.4. The first-order valence-electron chi connectivity index (χ1n) is 14.8. The smallest absolute Gasteiger partial charge is 0.190 e. The van der Waals surface area contributed by atoms with Gasteiger partial charge in [-0.2, -0.15) is 0 Å². The first-order chi connectivity index (χ1) is 18.0. The van der Waals surface area contributed by atoms with Crippen LogP contribution in [0.4, 0.5) is 0 Å². The summed E-state index contributed by atoms with van der Waals surface area (Å²) in [6.45, 7) is 5.89. The largest absolute Gasteiger partial charge is 0.393 e. The van der Waals surface area contributed by atoms with Crippen molar-refractivity contribution in [3.8, 4) is 0 Å². The molecule has 5 fully saturated rings. The second kappa shape index (κ2) is 10.7. The molecule has 0 spiro atoms. The Morgan fingerprint density at radius 1 is 1.05 bits per heavy atom. The minimum Gasteiger partial charge on any atom is -0.393 e. The van der Waals surface area contributed by atoms with E-state index in [1.165, 1.54) is 18.7 Å². The van der Waals surface area contributed by atoms with Crippen LogP contribution in [-0.4, -0.2) is 64.2 Å². The number of ketones is 2. The molecule has 5 nitrogen and oxygen atoms in total. The van der Waals surface area contributed by atoms with E-state index in [0.717, 1.165) is 44.4 Å². The molecular weight excluding hydrogens is 495 g/mol. The van der Waals surface area contributed by atoms with Gasteiger partial charge in [0.05, 0.1) is 6.10 Å². The number of carbonyl (C=O) groups is 2. The Kier molecular flexibility index (Phi) is 7.99. The maximum Gasteiger partial charge on any atom is 0.190 e.